The molecule has 3 rings (SSSR count). The molecule has 0 aliphatic carbocycles. The van der Waals surface area contributed by atoms with Crippen LogP contribution in [0.4, 0.5) is 11.4 Å². The number of anilines is 2. The van der Waals surface area contributed by atoms with Crippen molar-refractivity contribution in [3.05, 3.63) is 53.6 Å². The molecule has 1 amide bonds. The summed E-state index contributed by atoms with van der Waals surface area (Å²) < 4.78 is 5.36. The van der Waals surface area contributed by atoms with Crippen molar-refractivity contribution < 1.29 is 9.53 Å². The number of piperazine rings is 1. The van der Waals surface area contributed by atoms with E-state index < -0.39 is 0 Å². The van der Waals surface area contributed by atoms with E-state index >= 15 is 0 Å². The molecule has 0 saturated carbocycles. The molecule has 1 aliphatic heterocycles. The van der Waals surface area contributed by atoms with Crippen LogP contribution in [-0.2, 0) is 4.79 Å². The maximum Gasteiger partial charge on any atom is 0.221 e. The van der Waals surface area contributed by atoms with Gasteiger partial charge in [-0.05, 0) is 68.6 Å². The Morgan fingerprint density at radius 3 is 2.50 bits per heavy atom. The van der Waals surface area contributed by atoms with Gasteiger partial charge in [-0.15, -0.1) is 0 Å². The van der Waals surface area contributed by atoms with Crippen molar-refractivity contribution in [2.24, 2.45) is 0 Å². The average molecular weight is 439 g/mol. The van der Waals surface area contributed by atoms with E-state index in [9.17, 15) is 4.79 Å². The van der Waals surface area contributed by atoms with Gasteiger partial charge in [0.25, 0.3) is 0 Å². The summed E-state index contributed by atoms with van der Waals surface area (Å²) in [4.78, 5) is 17.1. The number of nitrogens with zero attached hydrogens (tertiary/aromatic N) is 2. The molecule has 0 radical (unpaired) electrons. The molecule has 2 aromatic carbocycles. The minimum absolute atomic E-state index is 0.0934. The van der Waals surface area contributed by atoms with Gasteiger partial charge in [-0.1, -0.05) is 18.2 Å². The van der Waals surface area contributed by atoms with E-state index in [0.29, 0.717) is 13.0 Å². The van der Waals surface area contributed by atoms with Gasteiger partial charge in [-0.2, -0.15) is 0 Å². The number of carbonyl (C=O) groups excluding carboxylic acids is 1. The van der Waals surface area contributed by atoms with E-state index in [1.54, 1.807) is 7.11 Å². The minimum Gasteiger partial charge on any atom is -0.495 e. The molecule has 0 spiro atoms. The number of hydrogen-bond donors (Lipinski definition) is 2. The third kappa shape index (κ3) is 7.45. The third-order valence-electron chi connectivity index (χ3n) is 5.98. The van der Waals surface area contributed by atoms with Crippen molar-refractivity contribution >= 4 is 17.3 Å². The molecular weight excluding hydrogens is 400 g/mol. The maximum absolute atomic E-state index is 12.1. The smallest absolute Gasteiger partial charge is 0.221 e. The fourth-order valence-electron chi connectivity index (χ4n) is 4.10. The molecule has 1 fully saturated rings. The van der Waals surface area contributed by atoms with Gasteiger partial charge in [0.15, 0.2) is 0 Å². The van der Waals surface area contributed by atoms with E-state index in [1.165, 1.54) is 11.3 Å². The zero-order valence-corrected chi connectivity index (χ0v) is 19.8. The lowest BCUT2D eigenvalue weighted by Gasteiger charge is -2.36. The predicted octanol–water partition coefficient (Wildman–Crippen LogP) is 3.83. The summed E-state index contributed by atoms with van der Waals surface area (Å²) in [6.45, 7) is 11.0. The Bertz CT molecular complexity index is 863. The molecule has 1 saturated heterocycles. The normalized spacial score (nSPS) is 14.3. The number of benzene rings is 2. The van der Waals surface area contributed by atoms with Crippen LogP contribution < -0.4 is 20.3 Å². The van der Waals surface area contributed by atoms with Crippen LogP contribution in [0, 0.1) is 13.8 Å². The quantitative estimate of drug-likeness (QED) is 0.522. The Morgan fingerprint density at radius 2 is 1.75 bits per heavy atom. The molecular formula is C26H38N4O2. The van der Waals surface area contributed by atoms with Crippen LogP contribution in [0.2, 0.25) is 0 Å². The largest absolute Gasteiger partial charge is 0.495 e. The highest BCUT2D eigenvalue weighted by molar-refractivity contribution is 5.76. The van der Waals surface area contributed by atoms with Gasteiger partial charge < -0.3 is 20.3 Å². The molecule has 6 nitrogen and oxygen atoms in total. The molecule has 0 aromatic heterocycles. The Kier molecular flexibility index (Phi) is 9.23. The highest BCUT2D eigenvalue weighted by atomic mass is 16.5. The molecule has 174 valence electrons. The summed E-state index contributed by atoms with van der Waals surface area (Å²) in [5.41, 5.74) is 4.75. The number of carbonyl (C=O) groups is 1. The van der Waals surface area contributed by atoms with Crippen molar-refractivity contribution in [3.8, 4) is 5.75 Å². The molecule has 0 unspecified atom stereocenters. The van der Waals surface area contributed by atoms with Crippen LogP contribution in [0.3, 0.4) is 0 Å². The second-order valence-electron chi connectivity index (χ2n) is 8.61. The number of methoxy groups -OCH3 is 1. The summed E-state index contributed by atoms with van der Waals surface area (Å²) in [5.74, 6) is 0.895. The van der Waals surface area contributed by atoms with Crippen molar-refractivity contribution in [2.45, 2.75) is 33.1 Å². The van der Waals surface area contributed by atoms with Crippen molar-refractivity contribution in [1.82, 2.24) is 10.2 Å². The van der Waals surface area contributed by atoms with Gasteiger partial charge in [0.1, 0.15) is 5.75 Å². The number of amides is 1. The number of ether oxygens (including phenoxy) is 1. The first-order valence-corrected chi connectivity index (χ1v) is 11.7. The van der Waals surface area contributed by atoms with Crippen molar-refractivity contribution in [2.75, 3.05) is 63.1 Å². The van der Waals surface area contributed by atoms with Crippen LogP contribution in [0.15, 0.2) is 42.5 Å². The molecule has 32 heavy (non-hydrogen) atoms. The minimum atomic E-state index is 0.0934. The van der Waals surface area contributed by atoms with Gasteiger partial charge >= 0.3 is 0 Å². The predicted molar refractivity (Wildman–Crippen MR) is 133 cm³/mol. The maximum atomic E-state index is 12.1. The van der Waals surface area contributed by atoms with Gasteiger partial charge in [-0.3, -0.25) is 9.69 Å². The monoisotopic (exact) mass is 438 g/mol. The van der Waals surface area contributed by atoms with Crippen LogP contribution >= 0.6 is 0 Å². The zero-order chi connectivity index (χ0) is 22.8. The van der Waals surface area contributed by atoms with Crippen molar-refractivity contribution in [3.63, 3.8) is 0 Å². The third-order valence-corrected chi connectivity index (χ3v) is 5.98. The van der Waals surface area contributed by atoms with Gasteiger partial charge in [0.05, 0.1) is 12.8 Å². The first-order chi connectivity index (χ1) is 15.5. The fraction of sp³-hybridized carbons (Fsp3) is 0.500. The van der Waals surface area contributed by atoms with E-state index in [4.69, 9.17) is 4.74 Å². The molecule has 1 heterocycles. The summed E-state index contributed by atoms with van der Waals surface area (Å²) in [7, 11) is 1.66. The number of rotatable bonds is 11. The molecule has 1 aliphatic rings. The van der Waals surface area contributed by atoms with E-state index in [0.717, 1.165) is 69.1 Å². The fourth-order valence-corrected chi connectivity index (χ4v) is 4.10. The second kappa shape index (κ2) is 12.3. The summed E-state index contributed by atoms with van der Waals surface area (Å²) in [6, 6.07) is 14.8. The molecule has 0 bridgehead atoms. The van der Waals surface area contributed by atoms with Gasteiger partial charge in [0, 0.05) is 51.4 Å². The molecule has 6 heteroatoms. The Hall–Kier alpha value is -2.73. The zero-order valence-electron chi connectivity index (χ0n) is 19.8. The first kappa shape index (κ1) is 23.9. The van der Waals surface area contributed by atoms with E-state index in [-0.39, 0.29) is 5.91 Å². The summed E-state index contributed by atoms with van der Waals surface area (Å²) >= 11 is 0. The highest BCUT2D eigenvalue weighted by Gasteiger charge is 2.16. The number of hydrogen-bond acceptors (Lipinski definition) is 5. The Morgan fingerprint density at radius 1 is 0.969 bits per heavy atom. The van der Waals surface area contributed by atoms with Gasteiger partial charge in [-0.25, -0.2) is 0 Å². The van der Waals surface area contributed by atoms with Crippen LogP contribution in [-0.4, -0.2) is 63.7 Å². The average Bonchev–Trinajstić information content (AvgIpc) is 2.79. The lowest BCUT2D eigenvalue weighted by atomic mass is 10.2. The van der Waals surface area contributed by atoms with Crippen molar-refractivity contribution in [1.29, 1.82) is 0 Å². The highest BCUT2D eigenvalue weighted by Crippen LogP contribution is 2.25. The summed E-state index contributed by atoms with van der Waals surface area (Å²) in [5, 5.41) is 6.35. The Labute approximate surface area is 192 Å². The topological polar surface area (TPSA) is 56.8 Å². The van der Waals surface area contributed by atoms with E-state index in [1.807, 2.05) is 25.1 Å². The van der Waals surface area contributed by atoms with E-state index in [2.05, 4.69) is 51.6 Å². The van der Waals surface area contributed by atoms with Crippen LogP contribution in [0.1, 0.15) is 30.4 Å². The van der Waals surface area contributed by atoms with Crippen LogP contribution in [0.5, 0.6) is 5.75 Å². The first-order valence-electron chi connectivity index (χ1n) is 11.7. The lowest BCUT2D eigenvalue weighted by molar-refractivity contribution is -0.120. The number of aryl methyl sites for hydroxylation is 2. The lowest BCUT2D eigenvalue weighted by Crippen LogP contribution is -2.46. The number of unbranched alkanes of at least 4 members (excludes halogenated alkanes) is 1. The molecule has 2 aromatic rings. The summed E-state index contributed by atoms with van der Waals surface area (Å²) in [6.07, 6.45) is 2.59. The number of nitrogens with one attached hydrogen (secondary N) is 2. The molecule has 0 atom stereocenters. The Balaban J connectivity index is 1.24. The standard InChI is InChI=1S/C26H38N4O2/c1-21-7-6-8-23(19-21)30-17-15-29(16-18-30)14-5-4-12-28-26(31)11-13-27-24-20-22(2)9-10-25(24)32-3/h6-10,19-20,27H,4-5,11-18H2,1-3H3,(H,28,31). The molecule has 2 N–H and O–H groups in total. The second-order valence-corrected chi connectivity index (χ2v) is 8.61. The SMILES string of the molecule is COc1ccc(C)cc1NCCC(=O)NCCCCN1CCN(c2cccc(C)c2)CC1. The van der Waals surface area contributed by atoms with Crippen LogP contribution in [0.25, 0.3) is 0 Å². The van der Waals surface area contributed by atoms with Gasteiger partial charge in [0.2, 0.25) is 5.91 Å².